The van der Waals surface area contributed by atoms with E-state index in [0.717, 1.165) is 12.8 Å². The molecule has 0 saturated heterocycles. The number of halogens is 1. The second-order valence-electron chi connectivity index (χ2n) is 1.25. The molecule has 2 N–H and O–H groups in total. The molecule has 0 heterocycles. The summed E-state index contributed by atoms with van der Waals surface area (Å²) in [6, 6.07) is 0. The van der Waals surface area contributed by atoms with E-state index in [1.165, 1.54) is 0 Å². The summed E-state index contributed by atoms with van der Waals surface area (Å²) in [5.41, 5.74) is 5.17. The van der Waals surface area contributed by atoms with Gasteiger partial charge in [0.15, 0.2) is 0 Å². The molecular formula is C6H12ClN. The van der Waals surface area contributed by atoms with E-state index in [1.807, 2.05) is 6.92 Å². The molecule has 1 nitrogen and oxygen atoms in total. The predicted molar refractivity (Wildman–Crippen MR) is 39.0 cm³/mol. The molecule has 0 fully saturated rings. The van der Waals surface area contributed by atoms with Gasteiger partial charge in [-0.1, -0.05) is 6.92 Å². The van der Waals surface area contributed by atoms with Crippen molar-refractivity contribution in [3.8, 4) is 11.8 Å². The largest absolute Gasteiger partial charge is 0.330 e. The highest BCUT2D eigenvalue weighted by atomic mass is 35.5. The zero-order valence-electron chi connectivity index (χ0n) is 5.11. The highest BCUT2D eigenvalue weighted by Crippen LogP contribution is 1.70. The lowest BCUT2D eigenvalue weighted by atomic mass is 10.4. The lowest BCUT2D eigenvalue weighted by molar-refractivity contribution is 1.03. The maximum Gasteiger partial charge on any atom is 0.0212 e. The van der Waals surface area contributed by atoms with Gasteiger partial charge in [-0.3, -0.25) is 0 Å². The summed E-state index contributed by atoms with van der Waals surface area (Å²) in [6.07, 6.45) is 1.79. The monoisotopic (exact) mass is 133 g/mol. The van der Waals surface area contributed by atoms with Crippen molar-refractivity contribution in [1.29, 1.82) is 0 Å². The van der Waals surface area contributed by atoms with E-state index in [-0.39, 0.29) is 12.4 Å². The van der Waals surface area contributed by atoms with Crippen molar-refractivity contribution in [2.75, 3.05) is 6.54 Å². The Hall–Kier alpha value is -0.190. The topological polar surface area (TPSA) is 26.0 Å². The van der Waals surface area contributed by atoms with Crippen LogP contribution in [0, 0.1) is 11.8 Å². The molecule has 0 saturated carbocycles. The molecule has 0 amide bonds. The molecule has 0 bridgehead atoms. The van der Waals surface area contributed by atoms with Crippen LogP contribution in [0.4, 0.5) is 0 Å². The minimum Gasteiger partial charge on any atom is -0.330 e. The molecule has 0 radical (unpaired) electrons. The van der Waals surface area contributed by atoms with E-state index < -0.39 is 0 Å². The highest BCUT2D eigenvalue weighted by Gasteiger charge is 1.65. The molecule has 8 heavy (non-hydrogen) atoms. The molecule has 0 spiro atoms. The molecule has 2 heteroatoms. The third kappa shape index (κ3) is 9.26. The first-order valence-corrected chi connectivity index (χ1v) is 2.57. The summed E-state index contributed by atoms with van der Waals surface area (Å²) < 4.78 is 0. The third-order valence-corrected chi connectivity index (χ3v) is 0.571. The van der Waals surface area contributed by atoms with Crippen LogP contribution in [0.5, 0.6) is 0 Å². The van der Waals surface area contributed by atoms with Gasteiger partial charge in [0.05, 0.1) is 0 Å². The summed E-state index contributed by atoms with van der Waals surface area (Å²) in [4.78, 5) is 0. The van der Waals surface area contributed by atoms with E-state index in [0.29, 0.717) is 6.54 Å². The Morgan fingerprint density at radius 1 is 1.38 bits per heavy atom. The van der Waals surface area contributed by atoms with Crippen molar-refractivity contribution in [3.05, 3.63) is 0 Å². The Morgan fingerprint density at radius 2 is 2.00 bits per heavy atom. The number of nitrogens with two attached hydrogens (primary N) is 1. The minimum absolute atomic E-state index is 0. The fourth-order valence-corrected chi connectivity index (χ4v) is 0.286. The first-order chi connectivity index (χ1) is 3.41. The second kappa shape index (κ2) is 9.94. The van der Waals surface area contributed by atoms with Crippen LogP contribution in [-0.2, 0) is 0 Å². The summed E-state index contributed by atoms with van der Waals surface area (Å²) in [7, 11) is 0. The molecule has 0 aromatic carbocycles. The minimum atomic E-state index is 0. The fraction of sp³-hybridized carbons (Fsp3) is 0.667. The van der Waals surface area contributed by atoms with Crippen LogP contribution < -0.4 is 5.73 Å². The molecule has 0 aromatic heterocycles. The van der Waals surface area contributed by atoms with Gasteiger partial charge in [0.1, 0.15) is 0 Å². The van der Waals surface area contributed by atoms with Crippen molar-refractivity contribution in [2.45, 2.75) is 19.8 Å². The highest BCUT2D eigenvalue weighted by molar-refractivity contribution is 5.85. The van der Waals surface area contributed by atoms with Gasteiger partial charge in [-0.05, 0) is 0 Å². The standard InChI is InChI=1S/C6H11N.ClH/c1-2-3-4-5-6-7;/h2,5-7H2,1H3;1H. The molecule has 0 aliphatic carbocycles. The van der Waals surface area contributed by atoms with Gasteiger partial charge in [-0.25, -0.2) is 0 Å². The molecule has 0 rings (SSSR count). The lowest BCUT2D eigenvalue weighted by Crippen LogP contribution is -1.95. The van der Waals surface area contributed by atoms with Crippen molar-refractivity contribution < 1.29 is 0 Å². The van der Waals surface area contributed by atoms with E-state index in [9.17, 15) is 0 Å². The Bertz CT molecular complexity index is 80.3. The lowest BCUT2D eigenvalue weighted by Gasteiger charge is -1.75. The van der Waals surface area contributed by atoms with E-state index >= 15 is 0 Å². The van der Waals surface area contributed by atoms with Gasteiger partial charge in [0.25, 0.3) is 0 Å². The van der Waals surface area contributed by atoms with Gasteiger partial charge in [0.2, 0.25) is 0 Å². The normalized spacial score (nSPS) is 6.25. The summed E-state index contributed by atoms with van der Waals surface area (Å²) in [5.74, 6) is 5.83. The zero-order valence-corrected chi connectivity index (χ0v) is 5.92. The molecular weight excluding hydrogens is 122 g/mol. The zero-order chi connectivity index (χ0) is 5.54. The van der Waals surface area contributed by atoms with Gasteiger partial charge in [0, 0.05) is 19.4 Å². The Morgan fingerprint density at radius 3 is 2.38 bits per heavy atom. The SMILES string of the molecule is CCC#CCCN.Cl. The molecule has 0 atom stereocenters. The van der Waals surface area contributed by atoms with Crippen LogP contribution in [0.15, 0.2) is 0 Å². The van der Waals surface area contributed by atoms with Crippen LogP contribution >= 0.6 is 12.4 Å². The average Bonchev–Trinajstić information content (AvgIpc) is 1.69. The number of hydrogen-bond acceptors (Lipinski definition) is 1. The third-order valence-electron chi connectivity index (χ3n) is 0.571. The van der Waals surface area contributed by atoms with Crippen LogP contribution in [0.25, 0.3) is 0 Å². The van der Waals surface area contributed by atoms with E-state index in [1.54, 1.807) is 0 Å². The molecule has 0 aromatic rings. The van der Waals surface area contributed by atoms with Crippen molar-refractivity contribution in [2.24, 2.45) is 5.73 Å². The fourth-order valence-electron chi connectivity index (χ4n) is 0.286. The maximum absolute atomic E-state index is 5.17. The van der Waals surface area contributed by atoms with Crippen LogP contribution in [0.3, 0.4) is 0 Å². The molecule has 0 unspecified atom stereocenters. The van der Waals surface area contributed by atoms with Crippen molar-refractivity contribution in [1.82, 2.24) is 0 Å². The molecule has 48 valence electrons. The quantitative estimate of drug-likeness (QED) is 0.534. The van der Waals surface area contributed by atoms with Crippen LogP contribution in [0.1, 0.15) is 19.8 Å². The predicted octanol–water partition coefficient (Wildman–Crippen LogP) is 1.17. The Balaban J connectivity index is 0. The Labute approximate surface area is 57.1 Å². The van der Waals surface area contributed by atoms with Crippen molar-refractivity contribution >= 4 is 12.4 Å². The average molecular weight is 134 g/mol. The van der Waals surface area contributed by atoms with Gasteiger partial charge in [-0.2, -0.15) is 0 Å². The smallest absolute Gasteiger partial charge is 0.0212 e. The molecule has 0 aliphatic rings. The number of rotatable bonds is 1. The van der Waals surface area contributed by atoms with E-state index in [4.69, 9.17) is 5.73 Å². The van der Waals surface area contributed by atoms with Crippen LogP contribution in [-0.4, -0.2) is 6.54 Å². The second-order valence-corrected chi connectivity index (χ2v) is 1.25. The van der Waals surface area contributed by atoms with E-state index in [2.05, 4.69) is 11.8 Å². The van der Waals surface area contributed by atoms with Gasteiger partial charge >= 0.3 is 0 Å². The summed E-state index contributed by atoms with van der Waals surface area (Å²) in [6.45, 7) is 2.72. The number of hydrogen-bond donors (Lipinski definition) is 1. The molecule has 0 aliphatic heterocycles. The first kappa shape index (κ1) is 10.7. The van der Waals surface area contributed by atoms with Gasteiger partial charge < -0.3 is 5.73 Å². The van der Waals surface area contributed by atoms with Gasteiger partial charge in [-0.15, -0.1) is 24.2 Å². The summed E-state index contributed by atoms with van der Waals surface area (Å²) in [5, 5.41) is 0. The Kier molecular flexibility index (Phi) is 13.3. The first-order valence-electron chi connectivity index (χ1n) is 2.57. The van der Waals surface area contributed by atoms with Crippen LogP contribution in [0.2, 0.25) is 0 Å². The van der Waals surface area contributed by atoms with Crippen molar-refractivity contribution in [3.63, 3.8) is 0 Å². The summed E-state index contributed by atoms with van der Waals surface area (Å²) >= 11 is 0. The maximum atomic E-state index is 5.17.